The van der Waals surface area contributed by atoms with Crippen LogP contribution < -0.4 is 0 Å². The first kappa shape index (κ1) is 24.9. The van der Waals surface area contributed by atoms with Gasteiger partial charge < -0.3 is 19.3 Å². The minimum absolute atomic E-state index is 0.00716. The van der Waals surface area contributed by atoms with Gasteiger partial charge in [-0.2, -0.15) is 0 Å². The van der Waals surface area contributed by atoms with Crippen molar-refractivity contribution in [2.75, 3.05) is 26.2 Å². The summed E-state index contributed by atoms with van der Waals surface area (Å²) in [5.41, 5.74) is 0.0298. The first-order valence-electron chi connectivity index (χ1n) is 12.6. The van der Waals surface area contributed by atoms with E-state index in [1.54, 1.807) is 9.80 Å². The van der Waals surface area contributed by atoms with Crippen LogP contribution in [0.3, 0.4) is 0 Å². The molecule has 4 aliphatic heterocycles. The lowest BCUT2D eigenvalue weighted by atomic mass is 9.70. The molecular weight excluding hydrogens is 434 g/mol. The van der Waals surface area contributed by atoms with Gasteiger partial charge >= 0.3 is 12.2 Å². The van der Waals surface area contributed by atoms with Crippen molar-refractivity contribution in [3.05, 3.63) is 12.2 Å². The summed E-state index contributed by atoms with van der Waals surface area (Å²) in [6, 6.07) is -0.546. The smallest absolute Gasteiger partial charge is 0.411 e. The van der Waals surface area contributed by atoms with Gasteiger partial charge in [-0.15, -0.1) is 0 Å². The number of amides is 3. The van der Waals surface area contributed by atoms with E-state index in [1.807, 2.05) is 46.4 Å². The van der Waals surface area contributed by atoms with Crippen LogP contribution in [0.2, 0.25) is 0 Å². The lowest BCUT2D eigenvalue weighted by molar-refractivity contribution is -0.148. The Morgan fingerprint density at radius 1 is 0.882 bits per heavy atom. The molecule has 0 aromatic carbocycles. The zero-order valence-electron chi connectivity index (χ0n) is 21.7. The van der Waals surface area contributed by atoms with Gasteiger partial charge in [0, 0.05) is 43.6 Å². The summed E-state index contributed by atoms with van der Waals surface area (Å²) >= 11 is 0. The Morgan fingerprint density at radius 3 is 1.97 bits per heavy atom. The Hall–Kier alpha value is -2.25. The average Bonchev–Trinajstić information content (AvgIpc) is 2.68. The first-order valence-corrected chi connectivity index (χ1v) is 12.6. The van der Waals surface area contributed by atoms with Crippen molar-refractivity contribution in [1.82, 2.24) is 14.7 Å². The Labute approximate surface area is 203 Å². The van der Waals surface area contributed by atoms with Crippen LogP contribution >= 0.6 is 0 Å². The van der Waals surface area contributed by atoms with Crippen molar-refractivity contribution in [3.63, 3.8) is 0 Å². The van der Waals surface area contributed by atoms with Crippen LogP contribution in [0.4, 0.5) is 9.59 Å². The monoisotopic (exact) mass is 475 g/mol. The normalized spacial score (nSPS) is 28.6. The minimum atomic E-state index is -0.611. The Balaban J connectivity index is 1.39. The number of likely N-dealkylation sites (tertiary alicyclic amines) is 2. The van der Waals surface area contributed by atoms with Crippen LogP contribution in [0.25, 0.3) is 0 Å². The van der Waals surface area contributed by atoms with Gasteiger partial charge in [-0.25, -0.2) is 9.59 Å². The number of nitrogens with zero attached hydrogens (tertiary/aromatic N) is 3. The van der Waals surface area contributed by atoms with Crippen LogP contribution in [0.15, 0.2) is 12.2 Å². The number of carbonyl (C=O) groups excluding carboxylic acids is 3. The zero-order chi connectivity index (χ0) is 25.1. The number of carbonyl (C=O) groups is 3. The van der Waals surface area contributed by atoms with E-state index in [2.05, 4.69) is 6.58 Å². The third-order valence-electron chi connectivity index (χ3n) is 7.60. The van der Waals surface area contributed by atoms with Gasteiger partial charge in [0.15, 0.2) is 0 Å². The third-order valence-corrected chi connectivity index (χ3v) is 7.60. The highest BCUT2D eigenvalue weighted by Gasteiger charge is 2.53. The molecule has 5 rings (SSSR count). The molecule has 0 unspecified atom stereocenters. The maximum absolute atomic E-state index is 13.8. The van der Waals surface area contributed by atoms with Gasteiger partial charge in [0.1, 0.15) is 17.2 Å². The van der Waals surface area contributed by atoms with E-state index in [9.17, 15) is 14.4 Å². The number of ether oxygens (including phenoxy) is 2. The molecule has 190 valence electrons. The molecule has 3 amide bonds. The fraction of sp³-hybridized carbons (Fsp3) is 0.808. The first-order chi connectivity index (χ1) is 15.7. The highest BCUT2D eigenvalue weighted by molar-refractivity contribution is 5.87. The van der Waals surface area contributed by atoms with Gasteiger partial charge in [0.05, 0.1) is 0 Å². The molecule has 1 saturated carbocycles. The van der Waals surface area contributed by atoms with Crippen molar-refractivity contribution < 1.29 is 23.9 Å². The molecule has 0 radical (unpaired) electrons. The zero-order valence-corrected chi connectivity index (χ0v) is 21.7. The van der Waals surface area contributed by atoms with E-state index < -0.39 is 23.3 Å². The Kier molecular flexibility index (Phi) is 6.18. The highest BCUT2D eigenvalue weighted by Crippen LogP contribution is 2.45. The predicted molar refractivity (Wildman–Crippen MR) is 128 cm³/mol. The molecule has 1 spiro atoms. The molecule has 5 aliphatic rings. The van der Waals surface area contributed by atoms with Crippen molar-refractivity contribution in [3.8, 4) is 0 Å². The maximum Gasteiger partial charge on any atom is 0.411 e. The average molecular weight is 476 g/mol. The van der Waals surface area contributed by atoms with Crippen molar-refractivity contribution in [2.24, 2.45) is 11.3 Å². The number of hydrogen-bond donors (Lipinski definition) is 0. The second-order valence-corrected chi connectivity index (χ2v) is 12.7. The topological polar surface area (TPSA) is 79.4 Å². The van der Waals surface area contributed by atoms with Crippen molar-refractivity contribution >= 4 is 18.1 Å². The SMILES string of the molecule is C=C1C[C@@H]2CC[C@H]1[C@@H](C(=O)N1CCC3(CC1)CN(C(=O)OC(C)(C)C)C3)N2C(=O)OC(C)(C)C. The molecule has 8 nitrogen and oxygen atoms in total. The van der Waals surface area contributed by atoms with Crippen LogP contribution in [0.1, 0.15) is 73.6 Å². The van der Waals surface area contributed by atoms with E-state index in [4.69, 9.17) is 9.47 Å². The maximum atomic E-state index is 13.8. The molecule has 0 aromatic heterocycles. The second kappa shape index (κ2) is 8.45. The van der Waals surface area contributed by atoms with Gasteiger partial charge in [-0.05, 0) is 73.6 Å². The predicted octanol–water partition coefficient (Wildman–Crippen LogP) is 4.19. The summed E-state index contributed by atoms with van der Waals surface area (Å²) in [5, 5.41) is 0. The molecule has 8 heteroatoms. The van der Waals surface area contributed by atoms with Gasteiger partial charge in [0.2, 0.25) is 5.91 Å². The summed E-state index contributed by atoms with van der Waals surface area (Å²) in [5.74, 6) is 0.00634. The molecule has 3 atom stereocenters. The van der Waals surface area contributed by atoms with E-state index in [0.29, 0.717) is 26.2 Å². The molecule has 2 bridgehead atoms. The summed E-state index contributed by atoms with van der Waals surface area (Å²) in [6.07, 6.45) is 3.57. The van der Waals surface area contributed by atoms with Gasteiger partial charge in [0.25, 0.3) is 0 Å². The fourth-order valence-electron chi connectivity index (χ4n) is 5.96. The molecule has 4 heterocycles. The van der Waals surface area contributed by atoms with Crippen molar-refractivity contribution in [1.29, 1.82) is 0 Å². The molecule has 1 aliphatic carbocycles. The quantitative estimate of drug-likeness (QED) is 0.532. The largest absolute Gasteiger partial charge is 0.444 e. The minimum Gasteiger partial charge on any atom is -0.444 e. The molecule has 5 fully saturated rings. The molecular formula is C26H41N3O5. The lowest BCUT2D eigenvalue weighted by Crippen LogP contribution is -2.66. The Morgan fingerprint density at radius 2 is 1.44 bits per heavy atom. The summed E-state index contributed by atoms with van der Waals surface area (Å²) < 4.78 is 11.2. The molecule has 0 N–H and O–H groups in total. The molecule has 4 saturated heterocycles. The van der Waals surface area contributed by atoms with Crippen LogP contribution in [0, 0.1) is 11.3 Å². The van der Waals surface area contributed by atoms with Crippen LogP contribution in [0.5, 0.6) is 0 Å². The third kappa shape index (κ3) is 4.91. The number of hydrogen-bond acceptors (Lipinski definition) is 5. The number of piperidine rings is 3. The standard InChI is InChI=1S/C26H41N3O5/c1-17-14-18-8-9-19(17)20(29(18)23(32)34-25(5,6)7)21(30)27-12-10-26(11-13-27)15-28(16-26)22(31)33-24(2,3)4/h18-20H,1,8-16H2,2-7H3/t18-,19+,20-/m0/s1. The number of rotatable bonds is 1. The van der Waals surface area contributed by atoms with E-state index in [0.717, 1.165) is 37.7 Å². The second-order valence-electron chi connectivity index (χ2n) is 12.7. The fourth-order valence-corrected chi connectivity index (χ4v) is 5.96. The number of fused-ring (bicyclic) bond motifs is 3. The Bertz CT molecular complexity index is 855. The van der Waals surface area contributed by atoms with Gasteiger partial charge in [-0.1, -0.05) is 12.2 Å². The van der Waals surface area contributed by atoms with Crippen LogP contribution in [-0.2, 0) is 14.3 Å². The van der Waals surface area contributed by atoms with E-state index >= 15 is 0 Å². The molecule has 34 heavy (non-hydrogen) atoms. The van der Waals surface area contributed by atoms with E-state index in [1.165, 1.54) is 0 Å². The summed E-state index contributed by atoms with van der Waals surface area (Å²) in [7, 11) is 0. The highest BCUT2D eigenvalue weighted by atomic mass is 16.6. The van der Waals surface area contributed by atoms with Gasteiger partial charge in [-0.3, -0.25) is 9.69 Å². The van der Waals surface area contributed by atoms with E-state index in [-0.39, 0.29) is 29.4 Å². The van der Waals surface area contributed by atoms with Crippen LogP contribution in [-0.4, -0.2) is 82.3 Å². The van der Waals surface area contributed by atoms with Crippen molar-refractivity contribution in [2.45, 2.75) is 96.9 Å². The molecule has 0 aromatic rings. The summed E-state index contributed by atoms with van der Waals surface area (Å²) in [4.78, 5) is 44.6. The summed E-state index contributed by atoms with van der Waals surface area (Å²) in [6.45, 7) is 18.1. The lowest BCUT2D eigenvalue weighted by Gasteiger charge is -2.55.